The first kappa shape index (κ1) is 20.0. The molecule has 8 nitrogen and oxygen atoms in total. The molecule has 0 spiro atoms. The fraction of sp³-hybridized carbons (Fsp3) is 0.421. The summed E-state index contributed by atoms with van der Waals surface area (Å²) in [6.07, 6.45) is 0.911. The van der Waals surface area contributed by atoms with Gasteiger partial charge in [-0.05, 0) is 25.1 Å². The molecule has 2 heterocycles. The quantitative estimate of drug-likeness (QED) is 0.790. The van der Waals surface area contributed by atoms with Crippen molar-refractivity contribution in [2.24, 2.45) is 0 Å². The summed E-state index contributed by atoms with van der Waals surface area (Å²) < 4.78 is 29.5. The van der Waals surface area contributed by atoms with Gasteiger partial charge >= 0.3 is 0 Å². The highest BCUT2D eigenvalue weighted by Crippen LogP contribution is 2.26. The maximum atomic E-state index is 13.1. The fourth-order valence-corrected chi connectivity index (χ4v) is 4.79. The standard InChI is InChI=1S/C19H23N5O3S/c1-3-19(25)21-12-18-22-16-8-9-23(13-17(16)24(18)4-2)28(26,27)15-7-5-6-14(10-15)11-20/h5-7,10H,3-4,8-9,12-13H2,1-2H3,(H,21,25). The van der Waals surface area contributed by atoms with Crippen LogP contribution in [0.15, 0.2) is 29.2 Å². The molecule has 0 saturated carbocycles. The van der Waals surface area contributed by atoms with Gasteiger partial charge in [0.05, 0.1) is 41.0 Å². The summed E-state index contributed by atoms with van der Waals surface area (Å²) in [5, 5.41) is 11.9. The van der Waals surface area contributed by atoms with E-state index in [2.05, 4.69) is 10.3 Å². The third kappa shape index (κ3) is 3.79. The lowest BCUT2D eigenvalue weighted by molar-refractivity contribution is -0.120. The summed E-state index contributed by atoms with van der Waals surface area (Å²) in [5.41, 5.74) is 2.04. The van der Waals surface area contributed by atoms with Crippen LogP contribution >= 0.6 is 0 Å². The second-order valence-electron chi connectivity index (χ2n) is 6.52. The minimum atomic E-state index is -3.71. The molecule has 0 aliphatic carbocycles. The molecule has 1 N–H and O–H groups in total. The molecule has 1 aromatic carbocycles. The molecule has 0 radical (unpaired) electrons. The fourth-order valence-electron chi connectivity index (χ4n) is 3.34. The number of sulfonamides is 1. The number of imidazole rings is 1. The van der Waals surface area contributed by atoms with Crippen molar-refractivity contribution in [1.29, 1.82) is 5.26 Å². The minimum Gasteiger partial charge on any atom is -0.349 e. The first-order chi connectivity index (χ1) is 13.4. The normalized spacial score (nSPS) is 14.3. The minimum absolute atomic E-state index is 0.0507. The van der Waals surface area contributed by atoms with Crippen LogP contribution in [0, 0.1) is 11.3 Å². The molecule has 28 heavy (non-hydrogen) atoms. The molecule has 0 bridgehead atoms. The highest BCUT2D eigenvalue weighted by atomic mass is 32.2. The second kappa shape index (κ2) is 8.12. The van der Waals surface area contributed by atoms with Crippen LogP contribution in [0.4, 0.5) is 0 Å². The summed E-state index contributed by atoms with van der Waals surface area (Å²) in [5.74, 6) is 0.685. The van der Waals surface area contributed by atoms with Crippen molar-refractivity contribution in [1.82, 2.24) is 19.2 Å². The van der Waals surface area contributed by atoms with E-state index >= 15 is 0 Å². The molecule has 0 unspecified atom stereocenters. The Kier molecular flexibility index (Phi) is 5.82. The number of hydrogen-bond acceptors (Lipinski definition) is 5. The first-order valence-corrected chi connectivity index (χ1v) is 10.7. The van der Waals surface area contributed by atoms with Gasteiger partial charge < -0.3 is 9.88 Å². The van der Waals surface area contributed by atoms with E-state index in [0.717, 1.165) is 17.2 Å². The number of aromatic nitrogens is 2. The van der Waals surface area contributed by atoms with Crippen LogP contribution in [-0.2, 0) is 40.9 Å². The van der Waals surface area contributed by atoms with Crippen molar-refractivity contribution in [3.8, 4) is 6.07 Å². The number of nitriles is 1. The maximum Gasteiger partial charge on any atom is 0.243 e. The number of carbonyl (C=O) groups is 1. The zero-order valence-electron chi connectivity index (χ0n) is 16.0. The van der Waals surface area contributed by atoms with E-state index in [4.69, 9.17) is 5.26 Å². The lowest BCUT2D eigenvalue weighted by atomic mass is 10.2. The summed E-state index contributed by atoms with van der Waals surface area (Å²) in [6, 6.07) is 8.04. The molecule has 1 amide bonds. The third-order valence-electron chi connectivity index (χ3n) is 4.84. The van der Waals surface area contributed by atoms with Crippen LogP contribution in [-0.4, -0.2) is 34.7 Å². The van der Waals surface area contributed by atoms with Crippen molar-refractivity contribution < 1.29 is 13.2 Å². The molecule has 1 aliphatic rings. The van der Waals surface area contributed by atoms with Gasteiger partial charge in [-0.1, -0.05) is 13.0 Å². The predicted octanol–water partition coefficient (Wildman–Crippen LogP) is 1.55. The number of nitrogens with zero attached hydrogens (tertiary/aromatic N) is 4. The van der Waals surface area contributed by atoms with E-state index < -0.39 is 10.0 Å². The first-order valence-electron chi connectivity index (χ1n) is 9.24. The molecule has 148 valence electrons. The second-order valence-corrected chi connectivity index (χ2v) is 8.46. The van der Waals surface area contributed by atoms with Gasteiger partial charge in [0.1, 0.15) is 5.82 Å². The largest absolute Gasteiger partial charge is 0.349 e. The molecule has 3 rings (SSSR count). The molecular formula is C19H23N5O3S. The zero-order valence-corrected chi connectivity index (χ0v) is 16.8. The number of benzene rings is 1. The average Bonchev–Trinajstić information content (AvgIpc) is 3.08. The van der Waals surface area contributed by atoms with Gasteiger partial charge in [0.25, 0.3) is 0 Å². The zero-order chi connectivity index (χ0) is 20.3. The van der Waals surface area contributed by atoms with Crippen molar-refractivity contribution in [2.45, 2.75) is 51.2 Å². The van der Waals surface area contributed by atoms with Crippen molar-refractivity contribution >= 4 is 15.9 Å². The van der Waals surface area contributed by atoms with Gasteiger partial charge in [0, 0.05) is 25.9 Å². The van der Waals surface area contributed by atoms with Crippen LogP contribution < -0.4 is 5.32 Å². The number of amides is 1. The Morgan fingerprint density at radius 2 is 2.14 bits per heavy atom. The van der Waals surface area contributed by atoms with Crippen LogP contribution in [0.2, 0.25) is 0 Å². The van der Waals surface area contributed by atoms with Gasteiger partial charge in [0.2, 0.25) is 15.9 Å². The van der Waals surface area contributed by atoms with Gasteiger partial charge in [0.15, 0.2) is 0 Å². The Balaban J connectivity index is 1.88. The van der Waals surface area contributed by atoms with Gasteiger partial charge in [-0.15, -0.1) is 0 Å². The lowest BCUT2D eigenvalue weighted by Gasteiger charge is -2.27. The number of nitrogens with one attached hydrogen (secondary N) is 1. The maximum absolute atomic E-state index is 13.1. The average molecular weight is 401 g/mol. The SMILES string of the molecule is CCC(=O)NCc1nc2c(n1CC)CN(S(=O)(=O)c1cccc(C#N)c1)CC2. The number of rotatable bonds is 6. The van der Waals surface area contributed by atoms with Crippen LogP contribution in [0.25, 0.3) is 0 Å². The highest BCUT2D eigenvalue weighted by Gasteiger charge is 2.31. The predicted molar refractivity (Wildman–Crippen MR) is 102 cm³/mol. The van der Waals surface area contributed by atoms with Crippen LogP contribution in [0.1, 0.15) is 43.0 Å². The van der Waals surface area contributed by atoms with E-state index in [1.54, 1.807) is 19.1 Å². The van der Waals surface area contributed by atoms with Crippen LogP contribution in [0.5, 0.6) is 0 Å². The molecule has 9 heteroatoms. The van der Waals surface area contributed by atoms with Crippen molar-refractivity contribution in [3.05, 3.63) is 47.0 Å². The van der Waals surface area contributed by atoms with Gasteiger partial charge in [-0.25, -0.2) is 13.4 Å². The Hall–Kier alpha value is -2.70. The molecular weight excluding hydrogens is 378 g/mol. The molecule has 0 fully saturated rings. The van der Waals surface area contributed by atoms with E-state index in [9.17, 15) is 13.2 Å². The molecule has 0 atom stereocenters. The monoisotopic (exact) mass is 401 g/mol. The van der Waals surface area contributed by atoms with Crippen molar-refractivity contribution in [3.63, 3.8) is 0 Å². The van der Waals surface area contributed by atoms with Crippen molar-refractivity contribution in [2.75, 3.05) is 6.54 Å². The summed E-state index contributed by atoms with van der Waals surface area (Å²) in [6.45, 7) is 5.26. The number of carbonyl (C=O) groups excluding carboxylic acids is 1. The lowest BCUT2D eigenvalue weighted by Crippen LogP contribution is -2.36. The summed E-state index contributed by atoms with van der Waals surface area (Å²) in [7, 11) is -3.71. The number of hydrogen-bond donors (Lipinski definition) is 1. The topological polar surface area (TPSA) is 108 Å². The third-order valence-corrected chi connectivity index (χ3v) is 6.68. The summed E-state index contributed by atoms with van der Waals surface area (Å²) in [4.78, 5) is 16.3. The Morgan fingerprint density at radius 3 is 2.82 bits per heavy atom. The molecule has 0 saturated heterocycles. The summed E-state index contributed by atoms with van der Waals surface area (Å²) >= 11 is 0. The van der Waals surface area contributed by atoms with E-state index in [1.807, 2.05) is 17.6 Å². The Morgan fingerprint density at radius 1 is 1.36 bits per heavy atom. The Bertz CT molecular complexity index is 1040. The number of fused-ring (bicyclic) bond motifs is 1. The molecule has 1 aromatic heterocycles. The van der Waals surface area contributed by atoms with Gasteiger partial charge in [-0.2, -0.15) is 9.57 Å². The molecule has 2 aromatic rings. The van der Waals surface area contributed by atoms with Crippen LogP contribution in [0.3, 0.4) is 0 Å². The molecule has 1 aliphatic heterocycles. The highest BCUT2D eigenvalue weighted by molar-refractivity contribution is 7.89. The van der Waals surface area contributed by atoms with E-state index in [-0.39, 0.29) is 17.3 Å². The van der Waals surface area contributed by atoms with E-state index in [0.29, 0.717) is 38.0 Å². The van der Waals surface area contributed by atoms with Gasteiger partial charge in [-0.3, -0.25) is 4.79 Å². The van der Waals surface area contributed by atoms with E-state index in [1.165, 1.54) is 16.4 Å². The smallest absolute Gasteiger partial charge is 0.243 e. The Labute approximate surface area is 164 Å².